The molecule has 0 N–H and O–H groups in total. The molecule has 8 aromatic rings. The fourth-order valence-electron chi connectivity index (χ4n) is 6.35. The van der Waals surface area contributed by atoms with E-state index < -0.39 is 8.07 Å². The number of fused-ring (bicyclic) bond motifs is 3. The summed E-state index contributed by atoms with van der Waals surface area (Å²) in [5.41, 5.74) is 7.53. The second-order valence-corrected chi connectivity index (χ2v) is 18.5. The molecule has 3 nitrogen and oxygen atoms in total. The maximum Gasteiger partial charge on any atom is 0.164 e. The van der Waals surface area contributed by atoms with Crippen LogP contribution in [0.2, 0.25) is 19.6 Å². The summed E-state index contributed by atoms with van der Waals surface area (Å²) in [6, 6.07) is 55.9. The smallest absolute Gasteiger partial charge is 0.164 e. The lowest BCUT2D eigenvalue weighted by Gasteiger charge is -2.18. The molecule has 0 atom stereocenters. The van der Waals surface area contributed by atoms with Gasteiger partial charge in [0.25, 0.3) is 0 Å². The summed E-state index contributed by atoms with van der Waals surface area (Å²) in [5, 5.41) is 6.68. The number of hydrogen-bond donors (Lipinski definition) is 0. The zero-order chi connectivity index (χ0) is 32.7. The van der Waals surface area contributed by atoms with E-state index in [-0.39, 0.29) is 0 Å². The van der Waals surface area contributed by atoms with Crippen molar-refractivity contribution in [3.05, 3.63) is 158 Å². The van der Waals surface area contributed by atoms with Crippen LogP contribution in [0.1, 0.15) is 0 Å². The van der Waals surface area contributed by atoms with Gasteiger partial charge in [-0.3, -0.25) is 0 Å². The topological polar surface area (TPSA) is 38.7 Å². The van der Waals surface area contributed by atoms with Gasteiger partial charge in [-0.25, -0.2) is 15.0 Å². The van der Waals surface area contributed by atoms with Gasteiger partial charge in [-0.1, -0.05) is 164 Å². The van der Waals surface area contributed by atoms with Gasteiger partial charge in [0.15, 0.2) is 17.5 Å². The molecular formula is C44H35N3Si. The molecule has 8 rings (SSSR count). The van der Waals surface area contributed by atoms with E-state index in [2.05, 4.69) is 117 Å². The molecule has 230 valence electrons. The van der Waals surface area contributed by atoms with Gasteiger partial charge in [0, 0.05) is 16.7 Å². The lowest BCUT2D eigenvalue weighted by molar-refractivity contribution is 1.07. The second kappa shape index (κ2) is 12.1. The minimum atomic E-state index is -1.44. The predicted octanol–water partition coefficient (Wildman–Crippen LogP) is 11.1. The number of aromatic nitrogens is 3. The highest BCUT2D eigenvalue weighted by Crippen LogP contribution is 2.33. The Bertz CT molecular complexity index is 2370. The third kappa shape index (κ3) is 5.83. The lowest BCUT2D eigenvalue weighted by atomic mass is 9.95. The van der Waals surface area contributed by atoms with Crippen molar-refractivity contribution in [3.63, 3.8) is 0 Å². The number of benzene rings is 7. The normalized spacial score (nSPS) is 11.6. The molecule has 0 spiro atoms. The molecule has 0 radical (unpaired) electrons. The number of hydrogen-bond acceptors (Lipinski definition) is 3. The first kappa shape index (κ1) is 29.7. The average molecular weight is 634 g/mol. The van der Waals surface area contributed by atoms with Crippen LogP contribution in [-0.4, -0.2) is 23.0 Å². The van der Waals surface area contributed by atoms with Crippen molar-refractivity contribution in [2.45, 2.75) is 19.6 Å². The minimum Gasteiger partial charge on any atom is -0.208 e. The Morgan fingerprint density at radius 1 is 0.333 bits per heavy atom. The Labute approximate surface area is 282 Å². The molecule has 0 saturated carbocycles. The number of nitrogens with zero attached hydrogens (tertiary/aromatic N) is 3. The van der Waals surface area contributed by atoms with Crippen molar-refractivity contribution in [3.8, 4) is 56.4 Å². The highest BCUT2D eigenvalue weighted by atomic mass is 28.3. The van der Waals surface area contributed by atoms with Gasteiger partial charge in [0.2, 0.25) is 0 Å². The molecular weight excluding hydrogens is 599 g/mol. The van der Waals surface area contributed by atoms with E-state index >= 15 is 0 Å². The van der Waals surface area contributed by atoms with Crippen molar-refractivity contribution >= 4 is 34.8 Å². The maximum atomic E-state index is 4.95. The summed E-state index contributed by atoms with van der Waals surface area (Å²) in [7, 11) is -1.44. The highest BCUT2D eigenvalue weighted by Gasteiger charge is 2.17. The fraction of sp³-hybridized carbons (Fsp3) is 0.0682. The first-order chi connectivity index (χ1) is 23.4. The molecule has 0 fully saturated rings. The molecule has 0 aliphatic heterocycles. The molecule has 1 aromatic heterocycles. The molecule has 0 saturated heterocycles. The SMILES string of the molecule is C[Si](C)(C)c1ccc2ccc3ccc(-c4cccc(-c5cccc(-c6nc(-c7ccccc7)nc(-c7ccccc7)n6)c5)c4)cc3c2c1. The molecule has 0 aliphatic rings. The van der Waals surface area contributed by atoms with Crippen LogP contribution in [0.15, 0.2) is 158 Å². The van der Waals surface area contributed by atoms with Crippen molar-refractivity contribution in [1.82, 2.24) is 15.0 Å². The Balaban J connectivity index is 1.20. The zero-order valence-corrected chi connectivity index (χ0v) is 28.4. The van der Waals surface area contributed by atoms with E-state index in [4.69, 9.17) is 15.0 Å². The molecule has 7 aromatic carbocycles. The van der Waals surface area contributed by atoms with E-state index in [0.29, 0.717) is 17.5 Å². The Kier molecular flexibility index (Phi) is 7.51. The van der Waals surface area contributed by atoms with E-state index in [1.165, 1.54) is 37.9 Å². The van der Waals surface area contributed by atoms with Crippen LogP contribution in [0.4, 0.5) is 0 Å². The molecule has 0 amide bonds. The summed E-state index contributed by atoms with van der Waals surface area (Å²) in [6.45, 7) is 7.24. The van der Waals surface area contributed by atoms with Crippen LogP contribution in [0.25, 0.3) is 78.0 Å². The van der Waals surface area contributed by atoms with Crippen molar-refractivity contribution in [2.75, 3.05) is 0 Å². The standard InChI is InChI=1S/C44H35N3Si/c1-48(2,3)39-25-24-31-21-20-30-22-23-37(28-40(30)41(31)29-39)35-17-10-16-34(26-35)36-18-11-19-38(27-36)44-46-42(32-12-6-4-7-13-32)45-43(47-44)33-14-8-5-9-15-33/h4-29H,1-3H3. The first-order valence-corrected chi connectivity index (χ1v) is 19.9. The summed E-state index contributed by atoms with van der Waals surface area (Å²) in [4.78, 5) is 14.8. The molecule has 0 aliphatic carbocycles. The largest absolute Gasteiger partial charge is 0.208 e. The van der Waals surface area contributed by atoms with Crippen LogP contribution >= 0.6 is 0 Å². The lowest BCUT2D eigenvalue weighted by Crippen LogP contribution is -2.37. The summed E-state index contributed by atoms with van der Waals surface area (Å²) in [5.74, 6) is 1.97. The Morgan fingerprint density at radius 2 is 0.729 bits per heavy atom. The third-order valence-corrected chi connectivity index (χ3v) is 11.1. The van der Waals surface area contributed by atoms with Crippen molar-refractivity contribution in [1.29, 1.82) is 0 Å². The monoisotopic (exact) mass is 633 g/mol. The van der Waals surface area contributed by atoms with Gasteiger partial charge in [-0.15, -0.1) is 0 Å². The predicted molar refractivity (Wildman–Crippen MR) is 205 cm³/mol. The fourth-order valence-corrected chi connectivity index (χ4v) is 7.51. The number of rotatable bonds is 6. The first-order valence-electron chi connectivity index (χ1n) is 16.4. The second-order valence-electron chi connectivity index (χ2n) is 13.4. The van der Waals surface area contributed by atoms with Crippen LogP contribution in [0.5, 0.6) is 0 Å². The molecule has 4 heteroatoms. The van der Waals surface area contributed by atoms with Crippen LogP contribution in [0, 0.1) is 0 Å². The molecule has 48 heavy (non-hydrogen) atoms. The van der Waals surface area contributed by atoms with Gasteiger partial charge in [-0.2, -0.15) is 0 Å². The van der Waals surface area contributed by atoms with Crippen molar-refractivity contribution in [2.24, 2.45) is 0 Å². The maximum absolute atomic E-state index is 4.95. The van der Waals surface area contributed by atoms with E-state index in [1.807, 2.05) is 60.7 Å². The third-order valence-electron chi connectivity index (χ3n) is 9.05. The average Bonchev–Trinajstić information content (AvgIpc) is 3.14. The van der Waals surface area contributed by atoms with Gasteiger partial charge < -0.3 is 0 Å². The Hall–Kier alpha value is -5.71. The molecule has 0 bridgehead atoms. The van der Waals surface area contributed by atoms with Gasteiger partial charge in [0.1, 0.15) is 0 Å². The van der Waals surface area contributed by atoms with Gasteiger partial charge in [0.05, 0.1) is 8.07 Å². The van der Waals surface area contributed by atoms with Gasteiger partial charge >= 0.3 is 0 Å². The molecule has 1 heterocycles. The van der Waals surface area contributed by atoms with Crippen LogP contribution in [0.3, 0.4) is 0 Å². The quantitative estimate of drug-likeness (QED) is 0.135. The summed E-state index contributed by atoms with van der Waals surface area (Å²) < 4.78 is 0. The highest BCUT2D eigenvalue weighted by molar-refractivity contribution is 6.88. The van der Waals surface area contributed by atoms with Crippen molar-refractivity contribution < 1.29 is 0 Å². The van der Waals surface area contributed by atoms with Crippen LogP contribution < -0.4 is 5.19 Å². The van der Waals surface area contributed by atoms with E-state index in [0.717, 1.165) is 27.8 Å². The van der Waals surface area contributed by atoms with Crippen LogP contribution in [-0.2, 0) is 0 Å². The van der Waals surface area contributed by atoms with E-state index in [1.54, 1.807) is 0 Å². The van der Waals surface area contributed by atoms with E-state index in [9.17, 15) is 0 Å². The minimum absolute atomic E-state index is 0.653. The zero-order valence-electron chi connectivity index (χ0n) is 27.4. The molecule has 0 unspecified atom stereocenters. The summed E-state index contributed by atoms with van der Waals surface area (Å²) in [6.07, 6.45) is 0. The van der Waals surface area contributed by atoms with Gasteiger partial charge in [-0.05, 0) is 62.0 Å². The Morgan fingerprint density at radius 3 is 1.27 bits per heavy atom. The summed E-state index contributed by atoms with van der Waals surface area (Å²) >= 11 is 0.